The van der Waals surface area contributed by atoms with Gasteiger partial charge in [0.15, 0.2) is 0 Å². The number of benzene rings is 1. The van der Waals surface area contributed by atoms with Crippen molar-refractivity contribution in [1.29, 1.82) is 0 Å². The second kappa shape index (κ2) is 7.72. The van der Waals surface area contributed by atoms with Crippen molar-refractivity contribution in [1.82, 2.24) is 4.98 Å². The van der Waals surface area contributed by atoms with E-state index in [9.17, 15) is 9.59 Å². The van der Waals surface area contributed by atoms with Crippen LogP contribution in [0.5, 0.6) is 0 Å². The van der Waals surface area contributed by atoms with Crippen molar-refractivity contribution in [3.8, 4) is 0 Å². The SMILES string of the molecule is O=C(Cc1cccs1)Nc1ccc2c(c1)CCCN2C(=O)c1cccnc1. The number of fused-ring (bicyclic) bond motifs is 1. The average Bonchev–Trinajstić information content (AvgIpc) is 3.20. The zero-order valence-electron chi connectivity index (χ0n) is 14.7. The molecular weight excluding hydrogens is 358 g/mol. The summed E-state index contributed by atoms with van der Waals surface area (Å²) in [5, 5.41) is 4.93. The van der Waals surface area contributed by atoms with Crippen LogP contribution in [0.3, 0.4) is 0 Å². The van der Waals surface area contributed by atoms with Gasteiger partial charge in [-0.2, -0.15) is 0 Å². The van der Waals surface area contributed by atoms with E-state index in [2.05, 4.69) is 10.3 Å². The molecule has 1 aliphatic rings. The number of aromatic nitrogens is 1. The van der Waals surface area contributed by atoms with Crippen molar-refractivity contribution < 1.29 is 9.59 Å². The largest absolute Gasteiger partial charge is 0.326 e. The lowest BCUT2D eigenvalue weighted by molar-refractivity contribution is -0.115. The number of anilines is 2. The van der Waals surface area contributed by atoms with Gasteiger partial charge in [-0.25, -0.2) is 0 Å². The van der Waals surface area contributed by atoms with Gasteiger partial charge in [0.25, 0.3) is 5.91 Å². The van der Waals surface area contributed by atoms with Crippen LogP contribution >= 0.6 is 11.3 Å². The first-order valence-corrected chi connectivity index (χ1v) is 9.76. The van der Waals surface area contributed by atoms with Gasteiger partial charge in [-0.3, -0.25) is 14.6 Å². The number of hydrogen-bond donors (Lipinski definition) is 1. The molecule has 3 aromatic rings. The van der Waals surface area contributed by atoms with E-state index in [4.69, 9.17) is 0 Å². The predicted octanol–water partition coefficient (Wildman–Crippen LogP) is 3.92. The van der Waals surface area contributed by atoms with Crippen LogP contribution in [-0.4, -0.2) is 23.3 Å². The maximum absolute atomic E-state index is 12.8. The van der Waals surface area contributed by atoms with Crippen molar-refractivity contribution in [3.05, 3.63) is 76.2 Å². The summed E-state index contributed by atoms with van der Waals surface area (Å²) in [6.07, 6.45) is 5.41. The van der Waals surface area contributed by atoms with Gasteiger partial charge >= 0.3 is 0 Å². The molecule has 0 aliphatic carbocycles. The molecule has 0 atom stereocenters. The summed E-state index contributed by atoms with van der Waals surface area (Å²) in [4.78, 5) is 31.9. The number of nitrogens with one attached hydrogen (secondary N) is 1. The molecule has 0 bridgehead atoms. The van der Waals surface area contributed by atoms with Crippen LogP contribution in [0.1, 0.15) is 27.2 Å². The lowest BCUT2D eigenvalue weighted by Gasteiger charge is -2.30. The number of carbonyl (C=O) groups excluding carboxylic acids is 2. The highest BCUT2D eigenvalue weighted by molar-refractivity contribution is 7.10. The number of amides is 2. The molecule has 1 aromatic carbocycles. The molecule has 0 unspecified atom stereocenters. The van der Waals surface area contributed by atoms with Crippen LogP contribution in [0.2, 0.25) is 0 Å². The van der Waals surface area contributed by atoms with E-state index in [1.54, 1.807) is 40.8 Å². The van der Waals surface area contributed by atoms with Gasteiger partial charge in [0.05, 0.1) is 12.0 Å². The lowest BCUT2D eigenvalue weighted by atomic mass is 10.00. The number of thiophene rings is 1. The fourth-order valence-electron chi connectivity index (χ4n) is 3.31. The highest BCUT2D eigenvalue weighted by atomic mass is 32.1. The first-order valence-electron chi connectivity index (χ1n) is 8.88. The zero-order chi connectivity index (χ0) is 18.6. The minimum Gasteiger partial charge on any atom is -0.326 e. The Hall–Kier alpha value is -2.99. The van der Waals surface area contributed by atoms with E-state index in [-0.39, 0.29) is 11.8 Å². The summed E-state index contributed by atoms with van der Waals surface area (Å²) in [6.45, 7) is 0.685. The summed E-state index contributed by atoms with van der Waals surface area (Å²) in [7, 11) is 0. The minimum absolute atomic E-state index is 0.0310. The molecule has 136 valence electrons. The van der Waals surface area contributed by atoms with Crippen LogP contribution in [0.25, 0.3) is 0 Å². The van der Waals surface area contributed by atoms with E-state index in [1.807, 2.05) is 35.7 Å². The van der Waals surface area contributed by atoms with Crippen LogP contribution in [0.4, 0.5) is 11.4 Å². The molecular formula is C21H19N3O2S. The summed E-state index contributed by atoms with van der Waals surface area (Å²) in [6, 6.07) is 13.2. The van der Waals surface area contributed by atoms with Gasteiger partial charge in [-0.05, 0) is 60.2 Å². The molecule has 4 rings (SSSR count). The van der Waals surface area contributed by atoms with E-state index < -0.39 is 0 Å². The monoisotopic (exact) mass is 377 g/mol. The van der Waals surface area contributed by atoms with E-state index in [0.29, 0.717) is 18.5 Å². The summed E-state index contributed by atoms with van der Waals surface area (Å²) < 4.78 is 0. The van der Waals surface area contributed by atoms with Gasteiger partial charge in [-0.15, -0.1) is 11.3 Å². The minimum atomic E-state index is -0.0430. The Kier molecular flexibility index (Phi) is 4.98. The number of rotatable bonds is 4. The van der Waals surface area contributed by atoms with Crippen LogP contribution in [0, 0.1) is 0 Å². The third kappa shape index (κ3) is 3.90. The Morgan fingerprint density at radius 3 is 2.89 bits per heavy atom. The average molecular weight is 377 g/mol. The quantitative estimate of drug-likeness (QED) is 0.750. The van der Waals surface area contributed by atoms with Gasteiger partial charge in [0.2, 0.25) is 5.91 Å². The molecule has 3 heterocycles. The molecule has 1 aliphatic heterocycles. The number of carbonyl (C=O) groups is 2. The molecule has 6 heteroatoms. The Balaban J connectivity index is 1.51. The zero-order valence-corrected chi connectivity index (χ0v) is 15.5. The van der Waals surface area contributed by atoms with E-state index >= 15 is 0 Å². The van der Waals surface area contributed by atoms with Crippen molar-refractivity contribution >= 4 is 34.5 Å². The van der Waals surface area contributed by atoms with Crippen LogP contribution < -0.4 is 10.2 Å². The number of pyridine rings is 1. The second-order valence-corrected chi connectivity index (χ2v) is 7.48. The molecule has 5 nitrogen and oxygen atoms in total. The van der Waals surface area contributed by atoms with Crippen molar-refractivity contribution in [2.75, 3.05) is 16.8 Å². The molecule has 0 spiro atoms. The highest BCUT2D eigenvalue weighted by Gasteiger charge is 2.24. The Morgan fingerprint density at radius 1 is 1.19 bits per heavy atom. The maximum Gasteiger partial charge on any atom is 0.259 e. The number of nitrogens with zero attached hydrogens (tertiary/aromatic N) is 2. The van der Waals surface area contributed by atoms with Crippen molar-refractivity contribution in [3.63, 3.8) is 0 Å². The number of aryl methyl sites for hydroxylation is 1. The topological polar surface area (TPSA) is 62.3 Å². The smallest absolute Gasteiger partial charge is 0.259 e. The molecule has 2 aromatic heterocycles. The number of hydrogen-bond acceptors (Lipinski definition) is 4. The highest BCUT2D eigenvalue weighted by Crippen LogP contribution is 2.31. The maximum atomic E-state index is 12.8. The van der Waals surface area contributed by atoms with Crippen molar-refractivity contribution in [2.45, 2.75) is 19.3 Å². The van der Waals surface area contributed by atoms with Gasteiger partial charge in [0.1, 0.15) is 0 Å². The van der Waals surface area contributed by atoms with Gasteiger partial charge in [-0.1, -0.05) is 6.07 Å². The second-order valence-electron chi connectivity index (χ2n) is 6.45. The summed E-state index contributed by atoms with van der Waals surface area (Å²) in [5.41, 5.74) is 3.34. The molecule has 2 amide bonds. The lowest BCUT2D eigenvalue weighted by Crippen LogP contribution is -2.35. The third-order valence-corrected chi connectivity index (χ3v) is 5.43. The molecule has 0 saturated heterocycles. The molecule has 27 heavy (non-hydrogen) atoms. The first kappa shape index (κ1) is 17.4. The summed E-state index contributed by atoms with van der Waals surface area (Å²) in [5.74, 6) is -0.0740. The molecule has 1 N–H and O–H groups in total. The predicted molar refractivity (Wildman–Crippen MR) is 107 cm³/mol. The fourth-order valence-corrected chi connectivity index (χ4v) is 4.01. The van der Waals surface area contributed by atoms with Crippen LogP contribution in [-0.2, 0) is 17.6 Å². The van der Waals surface area contributed by atoms with Crippen molar-refractivity contribution in [2.24, 2.45) is 0 Å². The fraction of sp³-hybridized carbons (Fsp3) is 0.190. The van der Waals surface area contributed by atoms with Gasteiger partial charge in [0, 0.05) is 35.2 Å². The normalized spacial score (nSPS) is 13.1. The van der Waals surface area contributed by atoms with Gasteiger partial charge < -0.3 is 10.2 Å². The molecule has 0 radical (unpaired) electrons. The Labute approximate surface area is 161 Å². The Bertz CT molecular complexity index is 955. The first-order chi connectivity index (χ1) is 13.2. The van der Waals surface area contributed by atoms with E-state index in [0.717, 1.165) is 34.7 Å². The summed E-state index contributed by atoms with van der Waals surface area (Å²) >= 11 is 1.58. The molecule has 0 saturated carbocycles. The molecule has 0 fully saturated rings. The Morgan fingerprint density at radius 2 is 2.11 bits per heavy atom. The standard InChI is InChI=1S/C21H19N3O2S/c25-20(13-18-6-3-11-27-18)23-17-7-8-19-15(12-17)5-2-10-24(19)21(26)16-4-1-9-22-14-16/h1,3-4,6-9,11-12,14H,2,5,10,13H2,(H,23,25). The van der Waals surface area contributed by atoms with E-state index in [1.165, 1.54) is 0 Å². The van der Waals surface area contributed by atoms with Crippen LogP contribution in [0.15, 0.2) is 60.2 Å². The third-order valence-electron chi connectivity index (χ3n) is 4.55.